The molecule has 1 aromatic heterocycles. The molecule has 2 amide bonds. The van der Waals surface area contributed by atoms with Crippen LogP contribution < -0.4 is 4.90 Å². The molecule has 1 aliphatic heterocycles. The molecule has 1 aliphatic rings. The maximum atomic E-state index is 12.9. The number of aromatic nitrogens is 1. The van der Waals surface area contributed by atoms with Crippen molar-refractivity contribution in [3.05, 3.63) is 57.8 Å². The summed E-state index contributed by atoms with van der Waals surface area (Å²) in [6.07, 6.45) is 1.60. The fourth-order valence-corrected chi connectivity index (χ4v) is 3.07. The van der Waals surface area contributed by atoms with Gasteiger partial charge in [-0.25, -0.2) is 14.7 Å². The van der Waals surface area contributed by atoms with E-state index in [9.17, 15) is 14.4 Å². The van der Waals surface area contributed by atoms with E-state index in [4.69, 9.17) is 4.74 Å². The molecule has 3 rings (SSSR count). The molecule has 0 N–H and O–H groups in total. The molecule has 0 unspecified atom stereocenters. The summed E-state index contributed by atoms with van der Waals surface area (Å²) in [5.74, 6) is -1.13. The molecule has 0 radical (unpaired) electrons. The summed E-state index contributed by atoms with van der Waals surface area (Å²) in [6.45, 7) is 7.22. The number of hydrogen-bond acceptors (Lipinski definition) is 5. The predicted octanol–water partition coefficient (Wildman–Crippen LogP) is 2.98. The van der Waals surface area contributed by atoms with Crippen LogP contribution in [-0.2, 0) is 4.74 Å². The second-order valence-corrected chi connectivity index (χ2v) is 5.98. The Morgan fingerprint density at radius 1 is 1.16 bits per heavy atom. The van der Waals surface area contributed by atoms with Gasteiger partial charge in [0.2, 0.25) is 0 Å². The third-order valence-electron chi connectivity index (χ3n) is 4.23. The zero-order valence-electron chi connectivity index (χ0n) is 14.5. The van der Waals surface area contributed by atoms with Crippen molar-refractivity contribution in [2.75, 3.05) is 11.5 Å². The van der Waals surface area contributed by atoms with Gasteiger partial charge in [0.05, 0.1) is 23.3 Å². The van der Waals surface area contributed by atoms with Gasteiger partial charge in [-0.1, -0.05) is 6.07 Å². The van der Waals surface area contributed by atoms with E-state index < -0.39 is 17.8 Å². The van der Waals surface area contributed by atoms with E-state index in [0.717, 1.165) is 10.5 Å². The fourth-order valence-electron chi connectivity index (χ4n) is 3.07. The van der Waals surface area contributed by atoms with Crippen LogP contribution in [0.1, 0.15) is 54.7 Å². The van der Waals surface area contributed by atoms with Crippen LogP contribution in [0.2, 0.25) is 0 Å². The Morgan fingerprint density at radius 3 is 2.48 bits per heavy atom. The first-order valence-corrected chi connectivity index (χ1v) is 7.99. The minimum Gasteiger partial charge on any atom is -0.462 e. The number of anilines is 1. The van der Waals surface area contributed by atoms with Crippen molar-refractivity contribution in [3.63, 3.8) is 0 Å². The Morgan fingerprint density at radius 2 is 1.88 bits per heavy atom. The number of pyridine rings is 1. The minimum atomic E-state index is -0.493. The highest BCUT2D eigenvalue weighted by atomic mass is 16.5. The number of carbonyl (C=O) groups excluding carboxylic acids is 3. The molecule has 0 bridgehead atoms. The van der Waals surface area contributed by atoms with Gasteiger partial charge < -0.3 is 4.74 Å². The van der Waals surface area contributed by atoms with Gasteiger partial charge >= 0.3 is 5.97 Å². The molecule has 0 fully saturated rings. The first kappa shape index (κ1) is 16.8. The number of fused-ring (bicyclic) bond motifs is 1. The van der Waals surface area contributed by atoms with Crippen LogP contribution in [0.25, 0.3) is 0 Å². The summed E-state index contributed by atoms with van der Waals surface area (Å²) in [7, 11) is 0. The van der Waals surface area contributed by atoms with Crippen LogP contribution in [0.4, 0.5) is 5.82 Å². The number of nitrogens with zero attached hydrogens (tertiary/aromatic N) is 2. The molecule has 2 heterocycles. The van der Waals surface area contributed by atoms with Crippen LogP contribution >= 0.6 is 0 Å². The van der Waals surface area contributed by atoms with Crippen LogP contribution in [0, 0.1) is 20.8 Å². The number of aryl methyl sites for hydroxylation is 2. The zero-order chi connectivity index (χ0) is 18.3. The van der Waals surface area contributed by atoms with Crippen molar-refractivity contribution in [1.29, 1.82) is 0 Å². The first-order valence-electron chi connectivity index (χ1n) is 7.99. The summed E-state index contributed by atoms with van der Waals surface area (Å²) in [4.78, 5) is 43.1. The normalized spacial score (nSPS) is 13.2. The lowest BCUT2D eigenvalue weighted by molar-refractivity contribution is 0.0524. The number of ether oxygens (including phenoxy) is 1. The summed E-state index contributed by atoms with van der Waals surface area (Å²) < 4.78 is 5.07. The van der Waals surface area contributed by atoms with E-state index in [1.54, 1.807) is 45.2 Å². The molecule has 0 saturated carbocycles. The average Bonchev–Trinajstić information content (AvgIpc) is 2.80. The number of benzene rings is 1. The molecule has 0 saturated heterocycles. The van der Waals surface area contributed by atoms with Gasteiger partial charge in [0.1, 0.15) is 5.82 Å². The summed E-state index contributed by atoms with van der Waals surface area (Å²) in [5, 5.41) is 0. The number of carbonyl (C=O) groups is 3. The molecular formula is C19H18N2O4. The quantitative estimate of drug-likeness (QED) is 0.635. The van der Waals surface area contributed by atoms with Crippen LogP contribution in [0.3, 0.4) is 0 Å². The standard InChI is InChI=1S/C19H18N2O4/c1-5-25-19(24)15-11(3)8-13-16(12(15)4)18(23)21(17(13)22)14-7-6-10(2)9-20-14/h6-9H,5H2,1-4H3. The largest absolute Gasteiger partial charge is 0.462 e. The van der Waals surface area contributed by atoms with Crippen molar-refractivity contribution in [3.8, 4) is 0 Å². The van der Waals surface area contributed by atoms with Gasteiger partial charge in [-0.15, -0.1) is 0 Å². The molecule has 25 heavy (non-hydrogen) atoms. The SMILES string of the molecule is CCOC(=O)c1c(C)cc2c(c1C)C(=O)N(c1ccc(C)cn1)C2=O. The Balaban J connectivity index is 2.13. The van der Waals surface area contributed by atoms with Gasteiger partial charge in [0, 0.05) is 6.20 Å². The lowest BCUT2D eigenvalue weighted by Crippen LogP contribution is -2.30. The smallest absolute Gasteiger partial charge is 0.338 e. The van der Waals surface area contributed by atoms with Crippen LogP contribution in [0.5, 0.6) is 0 Å². The Kier molecular flexibility index (Phi) is 4.12. The van der Waals surface area contributed by atoms with Gasteiger partial charge in [0.15, 0.2) is 0 Å². The van der Waals surface area contributed by atoms with Crippen molar-refractivity contribution < 1.29 is 19.1 Å². The average molecular weight is 338 g/mol. The number of imide groups is 1. The maximum Gasteiger partial charge on any atom is 0.338 e. The summed E-state index contributed by atoms with van der Waals surface area (Å²) >= 11 is 0. The highest BCUT2D eigenvalue weighted by molar-refractivity contribution is 6.35. The van der Waals surface area contributed by atoms with Gasteiger partial charge in [-0.05, 0) is 56.5 Å². The fraction of sp³-hybridized carbons (Fsp3) is 0.263. The van der Waals surface area contributed by atoms with Crippen molar-refractivity contribution >= 4 is 23.6 Å². The van der Waals surface area contributed by atoms with E-state index >= 15 is 0 Å². The number of hydrogen-bond donors (Lipinski definition) is 0. The monoisotopic (exact) mass is 338 g/mol. The second-order valence-electron chi connectivity index (χ2n) is 5.98. The first-order chi connectivity index (χ1) is 11.9. The minimum absolute atomic E-state index is 0.237. The van der Waals surface area contributed by atoms with Gasteiger partial charge in [-0.2, -0.15) is 0 Å². The summed E-state index contributed by atoms with van der Waals surface area (Å²) in [6, 6.07) is 4.99. The van der Waals surface area contributed by atoms with E-state index in [1.807, 2.05) is 6.92 Å². The van der Waals surface area contributed by atoms with Crippen LogP contribution in [0.15, 0.2) is 24.4 Å². The Bertz CT molecular complexity index is 901. The van der Waals surface area contributed by atoms with E-state index in [1.165, 1.54) is 0 Å². The van der Waals surface area contributed by atoms with E-state index in [-0.39, 0.29) is 23.6 Å². The third kappa shape index (κ3) is 2.59. The number of esters is 1. The third-order valence-corrected chi connectivity index (χ3v) is 4.23. The Labute approximate surface area is 145 Å². The Hall–Kier alpha value is -3.02. The number of amides is 2. The van der Waals surface area contributed by atoms with Crippen molar-refractivity contribution in [2.24, 2.45) is 0 Å². The lowest BCUT2D eigenvalue weighted by Gasteiger charge is -2.13. The van der Waals surface area contributed by atoms with Crippen molar-refractivity contribution in [2.45, 2.75) is 27.7 Å². The molecule has 0 spiro atoms. The topological polar surface area (TPSA) is 76.6 Å². The molecule has 1 aromatic carbocycles. The molecule has 128 valence electrons. The highest BCUT2D eigenvalue weighted by Gasteiger charge is 2.40. The molecular weight excluding hydrogens is 320 g/mol. The second kappa shape index (κ2) is 6.12. The molecule has 0 atom stereocenters. The number of rotatable bonds is 3. The lowest BCUT2D eigenvalue weighted by atomic mass is 9.94. The molecule has 2 aromatic rings. The van der Waals surface area contributed by atoms with Crippen molar-refractivity contribution in [1.82, 2.24) is 4.98 Å². The summed E-state index contributed by atoms with van der Waals surface area (Å²) in [5.41, 5.74) is 2.85. The predicted molar refractivity (Wildman–Crippen MR) is 92.0 cm³/mol. The highest BCUT2D eigenvalue weighted by Crippen LogP contribution is 2.33. The van der Waals surface area contributed by atoms with Gasteiger partial charge in [0.25, 0.3) is 11.8 Å². The van der Waals surface area contributed by atoms with E-state index in [2.05, 4.69) is 4.98 Å². The molecule has 6 heteroatoms. The van der Waals surface area contributed by atoms with E-state index in [0.29, 0.717) is 16.7 Å². The van der Waals surface area contributed by atoms with Crippen LogP contribution in [-0.4, -0.2) is 29.4 Å². The molecule has 6 nitrogen and oxygen atoms in total. The maximum absolute atomic E-state index is 12.9. The zero-order valence-corrected chi connectivity index (χ0v) is 14.5. The van der Waals surface area contributed by atoms with Gasteiger partial charge in [-0.3, -0.25) is 9.59 Å². The molecule has 0 aliphatic carbocycles.